The molecule has 2 aromatic carbocycles. The number of thiophene rings is 1. The zero-order valence-electron chi connectivity index (χ0n) is 19.8. The van der Waals surface area contributed by atoms with E-state index in [4.69, 9.17) is 9.15 Å². The maximum Gasteiger partial charge on any atom is 0.254 e. The van der Waals surface area contributed by atoms with E-state index >= 15 is 0 Å². The molecule has 2 amide bonds. The van der Waals surface area contributed by atoms with Gasteiger partial charge in [-0.3, -0.25) is 9.59 Å². The van der Waals surface area contributed by atoms with Crippen LogP contribution in [-0.4, -0.2) is 41.3 Å². The molecular weight excluding hydrogens is 498 g/mol. The molecule has 0 radical (unpaired) electrons. The van der Waals surface area contributed by atoms with E-state index in [-0.39, 0.29) is 31.2 Å². The summed E-state index contributed by atoms with van der Waals surface area (Å²) in [5, 5.41) is 1.98. The number of hydrogen-bond acceptors (Lipinski definition) is 5. The molecule has 0 fully saturated rings. The lowest BCUT2D eigenvalue weighted by atomic mass is 10.0. The van der Waals surface area contributed by atoms with Crippen LogP contribution in [0.2, 0.25) is 0 Å². The molecule has 9 heteroatoms. The van der Waals surface area contributed by atoms with Crippen molar-refractivity contribution < 1.29 is 27.5 Å². The molecule has 0 spiro atoms. The third-order valence-electron chi connectivity index (χ3n) is 6.23. The van der Waals surface area contributed by atoms with Crippen molar-refractivity contribution in [2.75, 3.05) is 19.7 Å². The van der Waals surface area contributed by atoms with E-state index in [9.17, 15) is 18.4 Å². The molecule has 0 N–H and O–H groups in total. The van der Waals surface area contributed by atoms with Crippen LogP contribution in [0.4, 0.5) is 8.78 Å². The summed E-state index contributed by atoms with van der Waals surface area (Å²) in [4.78, 5) is 31.2. The summed E-state index contributed by atoms with van der Waals surface area (Å²) in [7, 11) is 0. The van der Waals surface area contributed by atoms with Crippen LogP contribution in [0.3, 0.4) is 0 Å². The number of carbonyl (C=O) groups is 2. The molecule has 4 aromatic rings. The van der Waals surface area contributed by atoms with E-state index in [0.717, 1.165) is 11.6 Å². The molecule has 37 heavy (non-hydrogen) atoms. The Hall–Kier alpha value is -3.98. The summed E-state index contributed by atoms with van der Waals surface area (Å²) in [6.45, 7) is 0.406. The van der Waals surface area contributed by atoms with Gasteiger partial charge < -0.3 is 19.0 Å². The quantitative estimate of drug-likeness (QED) is 0.308. The van der Waals surface area contributed by atoms with E-state index in [0.29, 0.717) is 24.5 Å². The van der Waals surface area contributed by atoms with Crippen molar-refractivity contribution in [2.45, 2.75) is 19.0 Å². The second-order valence-electron chi connectivity index (χ2n) is 8.67. The fraction of sp³-hybridized carbons (Fsp3) is 0.214. The highest BCUT2D eigenvalue weighted by Gasteiger charge is 2.34. The Balaban J connectivity index is 1.38. The second kappa shape index (κ2) is 11.0. The zero-order valence-corrected chi connectivity index (χ0v) is 20.6. The summed E-state index contributed by atoms with van der Waals surface area (Å²) in [5.74, 6) is -0.829. The van der Waals surface area contributed by atoms with Gasteiger partial charge in [-0.15, -0.1) is 11.3 Å². The standard InChI is InChI=1S/C28H24F2N2O4S/c29-20-5-1-4-19(14-20)28(34)31(16-23-8-3-12-35-23)17-27(33)32-11-9-26-24(10-13-37-26)25(32)18-36-22-7-2-6-21(30)15-22/h1-8,10,12-15,25H,9,11,16-18H2. The smallest absolute Gasteiger partial charge is 0.254 e. The molecule has 1 atom stereocenters. The number of hydrogen-bond donors (Lipinski definition) is 0. The number of ether oxygens (including phenoxy) is 1. The number of benzene rings is 2. The fourth-order valence-electron chi connectivity index (χ4n) is 4.45. The van der Waals surface area contributed by atoms with Crippen LogP contribution in [0.1, 0.15) is 32.6 Å². The van der Waals surface area contributed by atoms with Crippen LogP contribution in [0, 0.1) is 11.6 Å². The van der Waals surface area contributed by atoms with Crippen molar-refractivity contribution in [3.05, 3.63) is 112 Å². The molecule has 0 aliphatic carbocycles. The van der Waals surface area contributed by atoms with Crippen LogP contribution in [0.15, 0.2) is 82.8 Å². The highest BCUT2D eigenvalue weighted by atomic mass is 32.1. The van der Waals surface area contributed by atoms with Crippen molar-refractivity contribution in [3.8, 4) is 5.75 Å². The minimum absolute atomic E-state index is 0.0517. The maximum atomic E-state index is 13.8. The molecule has 0 bridgehead atoms. The Labute approximate surface area is 216 Å². The Morgan fingerprint density at radius 3 is 2.62 bits per heavy atom. The van der Waals surface area contributed by atoms with Gasteiger partial charge in [0.25, 0.3) is 5.91 Å². The topological polar surface area (TPSA) is 63.0 Å². The number of nitrogens with zero attached hydrogens (tertiary/aromatic N) is 2. The van der Waals surface area contributed by atoms with Crippen molar-refractivity contribution in [3.63, 3.8) is 0 Å². The van der Waals surface area contributed by atoms with E-state index < -0.39 is 23.6 Å². The van der Waals surface area contributed by atoms with Crippen molar-refractivity contribution in [2.24, 2.45) is 0 Å². The molecule has 3 heterocycles. The second-order valence-corrected chi connectivity index (χ2v) is 9.67. The third-order valence-corrected chi connectivity index (χ3v) is 7.23. The van der Waals surface area contributed by atoms with Crippen molar-refractivity contribution >= 4 is 23.2 Å². The SMILES string of the molecule is O=C(c1cccc(F)c1)N(CC(=O)N1CCc2sccc2C1COc1cccc(F)c1)Cc1ccco1. The van der Waals surface area contributed by atoms with Crippen LogP contribution < -0.4 is 4.74 Å². The van der Waals surface area contributed by atoms with Crippen molar-refractivity contribution in [1.82, 2.24) is 9.80 Å². The predicted molar refractivity (Wildman–Crippen MR) is 134 cm³/mol. The lowest BCUT2D eigenvalue weighted by molar-refractivity contribution is -0.135. The molecule has 0 saturated carbocycles. The monoisotopic (exact) mass is 522 g/mol. The van der Waals surface area contributed by atoms with E-state index in [1.807, 2.05) is 11.4 Å². The molecule has 1 aliphatic rings. The molecule has 2 aromatic heterocycles. The molecule has 1 aliphatic heterocycles. The summed E-state index contributed by atoms with van der Waals surface area (Å²) >= 11 is 1.62. The van der Waals surface area contributed by atoms with Crippen LogP contribution in [0.25, 0.3) is 0 Å². The largest absolute Gasteiger partial charge is 0.491 e. The first-order valence-corrected chi connectivity index (χ1v) is 12.7. The number of rotatable bonds is 8. The van der Waals surface area contributed by atoms with Gasteiger partial charge in [-0.05, 0) is 65.9 Å². The summed E-state index contributed by atoms with van der Waals surface area (Å²) < 4.78 is 38.8. The average Bonchev–Trinajstić information content (AvgIpc) is 3.58. The van der Waals surface area contributed by atoms with Crippen LogP contribution in [-0.2, 0) is 17.8 Å². The van der Waals surface area contributed by atoms with Gasteiger partial charge in [-0.2, -0.15) is 0 Å². The van der Waals surface area contributed by atoms with E-state index in [1.54, 1.807) is 40.5 Å². The Morgan fingerprint density at radius 1 is 1.05 bits per heavy atom. The lowest BCUT2D eigenvalue weighted by Crippen LogP contribution is -2.47. The van der Waals surface area contributed by atoms with Gasteiger partial charge in [0.05, 0.1) is 18.8 Å². The van der Waals surface area contributed by atoms with Crippen LogP contribution in [0.5, 0.6) is 5.75 Å². The van der Waals surface area contributed by atoms with Gasteiger partial charge in [0.2, 0.25) is 5.91 Å². The first-order chi connectivity index (χ1) is 18.0. The average molecular weight is 523 g/mol. The Morgan fingerprint density at radius 2 is 1.86 bits per heavy atom. The van der Waals surface area contributed by atoms with Gasteiger partial charge in [-0.25, -0.2) is 8.78 Å². The van der Waals surface area contributed by atoms with Gasteiger partial charge >= 0.3 is 0 Å². The normalized spacial score (nSPS) is 14.8. The van der Waals surface area contributed by atoms with E-state index in [2.05, 4.69) is 0 Å². The van der Waals surface area contributed by atoms with Crippen molar-refractivity contribution in [1.29, 1.82) is 0 Å². The number of furan rings is 1. The minimum atomic E-state index is -0.536. The number of halogens is 2. The summed E-state index contributed by atoms with van der Waals surface area (Å²) in [6, 6.07) is 16.2. The van der Waals surface area contributed by atoms with Gasteiger partial charge in [0.15, 0.2) is 0 Å². The maximum absolute atomic E-state index is 13.8. The molecule has 6 nitrogen and oxygen atoms in total. The highest BCUT2D eigenvalue weighted by molar-refractivity contribution is 7.10. The molecular formula is C28H24F2N2O4S. The van der Waals surface area contributed by atoms with E-state index in [1.165, 1.54) is 46.4 Å². The fourth-order valence-corrected chi connectivity index (χ4v) is 5.38. The molecule has 190 valence electrons. The summed E-state index contributed by atoms with van der Waals surface area (Å²) in [6.07, 6.45) is 2.18. The molecule has 5 rings (SSSR count). The number of fused-ring (bicyclic) bond motifs is 1. The van der Waals surface area contributed by atoms with Gasteiger partial charge in [0.1, 0.15) is 36.3 Å². The highest BCUT2D eigenvalue weighted by Crippen LogP contribution is 2.34. The Kier molecular flexibility index (Phi) is 7.32. The first-order valence-electron chi connectivity index (χ1n) is 11.8. The lowest BCUT2D eigenvalue weighted by Gasteiger charge is -2.37. The number of carbonyl (C=O) groups excluding carboxylic acids is 2. The van der Waals surface area contributed by atoms with Crippen LogP contribution >= 0.6 is 11.3 Å². The third kappa shape index (κ3) is 5.72. The Bertz CT molecular complexity index is 1390. The number of amides is 2. The van der Waals surface area contributed by atoms with Gasteiger partial charge in [0, 0.05) is 23.1 Å². The minimum Gasteiger partial charge on any atom is -0.491 e. The summed E-state index contributed by atoms with van der Waals surface area (Å²) in [5.41, 5.74) is 1.12. The van der Waals surface area contributed by atoms with Gasteiger partial charge in [-0.1, -0.05) is 12.1 Å². The zero-order chi connectivity index (χ0) is 25.8. The first kappa shape index (κ1) is 24.7. The molecule has 0 saturated heterocycles. The predicted octanol–water partition coefficient (Wildman–Crippen LogP) is 5.47. The molecule has 1 unspecified atom stereocenters.